The molecule has 3 aromatic rings. The number of aromatic amines is 1. The van der Waals surface area contributed by atoms with E-state index in [1.54, 1.807) is 17.4 Å². The van der Waals surface area contributed by atoms with Crippen LogP contribution in [0.5, 0.6) is 0 Å². The van der Waals surface area contributed by atoms with Gasteiger partial charge in [-0.15, -0.1) is 11.3 Å². The number of halogens is 1. The third-order valence-corrected chi connectivity index (χ3v) is 3.64. The fourth-order valence-electron chi connectivity index (χ4n) is 1.73. The summed E-state index contributed by atoms with van der Waals surface area (Å²) in [5, 5.41) is 3.18. The first kappa shape index (κ1) is 11.2. The molecular formula is C12H11FN4S. The number of hydrogen-bond acceptors (Lipinski definition) is 4. The van der Waals surface area contributed by atoms with Crippen molar-refractivity contribution in [3.63, 3.8) is 0 Å². The van der Waals surface area contributed by atoms with Crippen molar-refractivity contribution in [3.05, 3.63) is 40.1 Å². The number of rotatable bonds is 3. The lowest BCUT2D eigenvalue weighted by molar-refractivity contribution is 0.629. The molecule has 2 heterocycles. The number of nitrogens with one attached hydrogen (secondary N) is 2. The molecule has 6 heteroatoms. The van der Waals surface area contributed by atoms with Crippen molar-refractivity contribution < 1.29 is 4.39 Å². The topological polar surface area (TPSA) is 53.6 Å². The largest absolute Gasteiger partial charge is 0.351 e. The molecule has 1 aromatic carbocycles. The van der Waals surface area contributed by atoms with Crippen LogP contribution in [-0.2, 0) is 6.54 Å². The van der Waals surface area contributed by atoms with Gasteiger partial charge in [0.2, 0.25) is 5.95 Å². The summed E-state index contributed by atoms with van der Waals surface area (Å²) in [5.41, 5.74) is 4.29. The standard InChI is InChI=1S/C12H11FN4S/c1-7-11(18-6-15-7)5-14-12-16-9-3-2-8(13)4-10(9)17-12/h2-4,6H,5H2,1H3,(H2,14,16,17). The van der Waals surface area contributed by atoms with Crippen LogP contribution in [-0.4, -0.2) is 15.0 Å². The number of nitrogens with zero attached hydrogens (tertiary/aromatic N) is 2. The molecule has 0 aliphatic heterocycles. The van der Waals surface area contributed by atoms with Crippen molar-refractivity contribution in [2.75, 3.05) is 5.32 Å². The molecule has 0 saturated carbocycles. The fourth-order valence-corrected chi connectivity index (χ4v) is 2.44. The van der Waals surface area contributed by atoms with Gasteiger partial charge in [0.05, 0.1) is 28.8 Å². The molecule has 0 amide bonds. The number of aryl methyl sites for hydroxylation is 1. The van der Waals surface area contributed by atoms with Crippen LogP contribution in [0.1, 0.15) is 10.6 Å². The number of H-pyrrole nitrogens is 1. The summed E-state index contributed by atoms with van der Waals surface area (Å²) in [6.45, 7) is 2.64. The number of anilines is 1. The highest BCUT2D eigenvalue weighted by atomic mass is 32.1. The molecule has 92 valence electrons. The van der Waals surface area contributed by atoms with Gasteiger partial charge in [0.15, 0.2) is 0 Å². The minimum Gasteiger partial charge on any atom is -0.351 e. The summed E-state index contributed by atoms with van der Waals surface area (Å²) in [5.74, 6) is 0.374. The Bertz CT molecular complexity index is 688. The molecular weight excluding hydrogens is 251 g/mol. The fraction of sp³-hybridized carbons (Fsp3) is 0.167. The highest BCUT2D eigenvalue weighted by Crippen LogP contribution is 2.17. The summed E-state index contributed by atoms with van der Waals surface area (Å²) in [6.07, 6.45) is 0. The smallest absolute Gasteiger partial charge is 0.201 e. The van der Waals surface area contributed by atoms with Crippen LogP contribution in [0.15, 0.2) is 23.7 Å². The van der Waals surface area contributed by atoms with Crippen LogP contribution in [0.4, 0.5) is 10.3 Å². The van der Waals surface area contributed by atoms with Crippen LogP contribution in [0, 0.1) is 12.7 Å². The number of aromatic nitrogens is 3. The van der Waals surface area contributed by atoms with Gasteiger partial charge in [-0.3, -0.25) is 0 Å². The van der Waals surface area contributed by atoms with E-state index in [4.69, 9.17) is 0 Å². The van der Waals surface area contributed by atoms with Crippen LogP contribution in [0.2, 0.25) is 0 Å². The van der Waals surface area contributed by atoms with Crippen molar-refractivity contribution in [3.8, 4) is 0 Å². The van der Waals surface area contributed by atoms with E-state index in [1.807, 2.05) is 12.4 Å². The van der Waals surface area contributed by atoms with Crippen LogP contribution in [0.25, 0.3) is 11.0 Å². The van der Waals surface area contributed by atoms with E-state index in [0.717, 1.165) is 11.2 Å². The quantitative estimate of drug-likeness (QED) is 0.762. The summed E-state index contributed by atoms with van der Waals surface area (Å²) >= 11 is 1.60. The van der Waals surface area contributed by atoms with E-state index >= 15 is 0 Å². The zero-order chi connectivity index (χ0) is 12.5. The van der Waals surface area contributed by atoms with Gasteiger partial charge in [-0.1, -0.05) is 0 Å². The summed E-state index contributed by atoms with van der Waals surface area (Å²) in [4.78, 5) is 12.7. The van der Waals surface area contributed by atoms with Gasteiger partial charge in [-0.05, 0) is 25.1 Å². The normalized spacial score (nSPS) is 11.0. The van der Waals surface area contributed by atoms with E-state index in [1.165, 1.54) is 17.0 Å². The maximum atomic E-state index is 13.0. The predicted molar refractivity (Wildman–Crippen MR) is 70.2 cm³/mol. The van der Waals surface area contributed by atoms with E-state index in [9.17, 15) is 4.39 Å². The molecule has 0 unspecified atom stereocenters. The summed E-state index contributed by atoms with van der Waals surface area (Å²) < 4.78 is 13.0. The lowest BCUT2D eigenvalue weighted by atomic mass is 10.3. The Balaban J connectivity index is 1.81. The van der Waals surface area contributed by atoms with Gasteiger partial charge in [-0.2, -0.15) is 0 Å². The van der Waals surface area contributed by atoms with E-state index in [0.29, 0.717) is 18.0 Å². The lowest BCUT2D eigenvalue weighted by Crippen LogP contribution is -2.00. The molecule has 2 N–H and O–H groups in total. The Kier molecular flexibility index (Phi) is 2.71. The zero-order valence-corrected chi connectivity index (χ0v) is 10.5. The first-order valence-corrected chi connectivity index (χ1v) is 6.38. The second-order valence-corrected chi connectivity index (χ2v) is 4.90. The molecule has 0 atom stereocenters. The van der Waals surface area contributed by atoms with Crippen LogP contribution < -0.4 is 5.32 Å². The minimum absolute atomic E-state index is 0.268. The summed E-state index contributed by atoms with van der Waals surface area (Å²) in [7, 11) is 0. The molecule has 0 aliphatic rings. The second-order valence-electron chi connectivity index (χ2n) is 3.96. The van der Waals surface area contributed by atoms with Gasteiger partial charge in [0.1, 0.15) is 5.82 Å². The summed E-state index contributed by atoms with van der Waals surface area (Å²) in [6, 6.07) is 4.50. The third-order valence-electron chi connectivity index (χ3n) is 2.71. The highest BCUT2D eigenvalue weighted by Gasteiger charge is 2.05. The molecule has 4 nitrogen and oxygen atoms in total. The number of thiazole rings is 1. The monoisotopic (exact) mass is 262 g/mol. The van der Waals surface area contributed by atoms with Gasteiger partial charge < -0.3 is 10.3 Å². The Morgan fingerprint density at radius 1 is 1.44 bits per heavy atom. The van der Waals surface area contributed by atoms with E-state index in [-0.39, 0.29) is 5.82 Å². The molecule has 0 bridgehead atoms. The maximum Gasteiger partial charge on any atom is 0.201 e. The molecule has 0 aliphatic carbocycles. The Morgan fingerprint density at radius 2 is 2.33 bits per heavy atom. The van der Waals surface area contributed by atoms with Gasteiger partial charge in [-0.25, -0.2) is 14.4 Å². The molecule has 0 saturated heterocycles. The van der Waals surface area contributed by atoms with Crippen LogP contribution >= 0.6 is 11.3 Å². The highest BCUT2D eigenvalue weighted by molar-refractivity contribution is 7.09. The Morgan fingerprint density at radius 3 is 3.11 bits per heavy atom. The number of fused-ring (bicyclic) bond motifs is 1. The maximum absolute atomic E-state index is 13.0. The molecule has 0 spiro atoms. The van der Waals surface area contributed by atoms with Gasteiger partial charge in [0.25, 0.3) is 0 Å². The number of imidazole rings is 1. The molecule has 2 aromatic heterocycles. The Hall–Kier alpha value is -1.95. The predicted octanol–water partition coefficient (Wildman–Crippen LogP) is 3.08. The van der Waals surface area contributed by atoms with Gasteiger partial charge in [0, 0.05) is 4.88 Å². The minimum atomic E-state index is -0.268. The Labute approximate surface area is 107 Å². The van der Waals surface area contributed by atoms with Gasteiger partial charge >= 0.3 is 0 Å². The van der Waals surface area contributed by atoms with Crippen molar-refractivity contribution in [2.45, 2.75) is 13.5 Å². The number of benzene rings is 1. The van der Waals surface area contributed by atoms with Crippen LogP contribution in [0.3, 0.4) is 0 Å². The first-order valence-electron chi connectivity index (χ1n) is 5.50. The molecule has 3 rings (SSSR count). The average Bonchev–Trinajstić information content (AvgIpc) is 2.92. The third kappa shape index (κ3) is 2.06. The number of hydrogen-bond donors (Lipinski definition) is 2. The van der Waals surface area contributed by atoms with Crippen molar-refractivity contribution in [1.29, 1.82) is 0 Å². The molecule has 18 heavy (non-hydrogen) atoms. The average molecular weight is 262 g/mol. The first-order chi connectivity index (χ1) is 8.72. The lowest BCUT2D eigenvalue weighted by Gasteiger charge is -2.00. The van der Waals surface area contributed by atoms with Crippen molar-refractivity contribution >= 4 is 28.3 Å². The van der Waals surface area contributed by atoms with Crippen molar-refractivity contribution in [2.24, 2.45) is 0 Å². The van der Waals surface area contributed by atoms with E-state index in [2.05, 4.69) is 20.3 Å². The molecule has 0 radical (unpaired) electrons. The van der Waals surface area contributed by atoms with Crippen molar-refractivity contribution in [1.82, 2.24) is 15.0 Å². The second kappa shape index (κ2) is 4.38. The zero-order valence-electron chi connectivity index (χ0n) is 9.70. The SMILES string of the molecule is Cc1ncsc1CNc1nc2ccc(F)cc2[nH]1. The van der Waals surface area contributed by atoms with E-state index < -0.39 is 0 Å². The molecule has 0 fully saturated rings.